The van der Waals surface area contributed by atoms with Crippen LogP contribution in [-0.2, 0) is 16.6 Å². The second-order valence-corrected chi connectivity index (χ2v) is 9.47. The first-order chi connectivity index (χ1) is 14.5. The van der Waals surface area contributed by atoms with E-state index in [0.717, 1.165) is 38.3 Å². The molecule has 0 aliphatic carbocycles. The lowest BCUT2D eigenvalue weighted by molar-refractivity contribution is 0.250. The highest BCUT2D eigenvalue weighted by atomic mass is 35.5. The Morgan fingerprint density at radius 2 is 1.43 bits per heavy atom. The summed E-state index contributed by atoms with van der Waals surface area (Å²) in [6, 6.07) is 24.2. The Balaban J connectivity index is 1.32. The van der Waals surface area contributed by atoms with E-state index in [0.29, 0.717) is 10.7 Å². The summed E-state index contributed by atoms with van der Waals surface area (Å²) in [4.78, 5) is 5.02. The van der Waals surface area contributed by atoms with Gasteiger partial charge in [-0.05, 0) is 54.1 Å². The summed E-state index contributed by atoms with van der Waals surface area (Å²) in [5, 5.41) is 0.503. The molecular weight excluding hydrogens is 418 g/mol. The Kier molecular flexibility index (Phi) is 6.27. The molecule has 0 atom stereocenters. The Morgan fingerprint density at radius 1 is 0.800 bits per heavy atom. The zero-order chi connectivity index (χ0) is 21.0. The highest BCUT2D eigenvalue weighted by Crippen LogP contribution is 2.20. The van der Waals surface area contributed by atoms with Crippen molar-refractivity contribution in [1.29, 1.82) is 0 Å². The normalized spacial score (nSPS) is 15.2. The number of nitrogens with zero attached hydrogens (tertiary/aromatic N) is 2. The minimum absolute atomic E-state index is 0.187. The molecule has 5 nitrogen and oxygen atoms in total. The van der Waals surface area contributed by atoms with Gasteiger partial charge in [0, 0.05) is 49.1 Å². The standard InChI is InChI=1S/C23H24ClN3O2S/c24-20-8-12-23(13-9-20)30(28,29)25-21-10-6-19(7-11-21)18-26-14-16-27(17-15-26)22-4-2-1-3-5-22/h1-13,25H,14-18H2. The molecule has 3 aromatic carbocycles. The van der Waals surface area contributed by atoms with Crippen molar-refractivity contribution >= 4 is 33.0 Å². The Bertz CT molecular complexity index is 1060. The van der Waals surface area contributed by atoms with Crippen molar-refractivity contribution in [2.75, 3.05) is 35.8 Å². The first-order valence-electron chi connectivity index (χ1n) is 9.89. The number of halogens is 1. The quantitative estimate of drug-likeness (QED) is 0.613. The van der Waals surface area contributed by atoms with Crippen LogP contribution in [0.2, 0.25) is 5.02 Å². The fourth-order valence-corrected chi connectivity index (χ4v) is 4.75. The van der Waals surface area contributed by atoms with E-state index in [2.05, 4.69) is 38.8 Å². The number of anilines is 2. The van der Waals surface area contributed by atoms with Gasteiger partial charge in [-0.1, -0.05) is 41.9 Å². The second kappa shape index (κ2) is 9.08. The van der Waals surface area contributed by atoms with Crippen molar-refractivity contribution < 1.29 is 8.42 Å². The number of hydrogen-bond acceptors (Lipinski definition) is 4. The van der Waals surface area contributed by atoms with E-state index in [1.807, 2.05) is 30.3 Å². The Morgan fingerprint density at radius 3 is 2.07 bits per heavy atom. The van der Waals surface area contributed by atoms with Crippen LogP contribution in [-0.4, -0.2) is 39.5 Å². The fourth-order valence-electron chi connectivity index (χ4n) is 3.57. The molecule has 0 unspecified atom stereocenters. The molecule has 0 radical (unpaired) electrons. The molecule has 7 heteroatoms. The zero-order valence-corrected chi connectivity index (χ0v) is 18.1. The highest BCUT2D eigenvalue weighted by molar-refractivity contribution is 7.92. The predicted octanol–water partition coefficient (Wildman–Crippen LogP) is 4.46. The van der Waals surface area contributed by atoms with Gasteiger partial charge in [-0.15, -0.1) is 0 Å². The van der Waals surface area contributed by atoms with Gasteiger partial charge in [0.25, 0.3) is 10.0 Å². The third-order valence-corrected chi connectivity index (χ3v) is 6.88. The molecule has 1 saturated heterocycles. The lowest BCUT2D eigenvalue weighted by atomic mass is 10.1. The molecule has 1 N–H and O–H groups in total. The van der Waals surface area contributed by atoms with Crippen LogP contribution in [0.4, 0.5) is 11.4 Å². The van der Waals surface area contributed by atoms with Crippen molar-refractivity contribution in [2.45, 2.75) is 11.4 Å². The first kappa shape index (κ1) is 20.7. The summed E-state index contributed by atoms with van der Waals surface area (Å²) in [6.45, 7) is 4.86. The predicted molar refractivity (Wildman–Crippen MR) is 123 cm³/mol. The van der Waals surface area contributed by atoms with Gasteiger partial charge in [0.2, 0.25) is 0 Å². The van der Waals surface area contributed by atoms with Gasteiger partial charge < -0.3 is 4.90 Å². The van der Waals surface area contributed by atoms with Gasteiger partial charge in [0.15, 0.2) is 0 Å². The van der Waals surface area contributed by atoms with E-state index in [-0.39, 0.29) is 4.90 Å². The Labute approximate surface area is 182 Å². The van der Waals surface area contributed by atoms with Crippen LogP contribution in [0.25, 0.3) is 0 Å². The summed E-state index contributed by atoms with van der Waals surface area (Å²) in [6.07, 6.45) is 0. The van der Waals surface area contributed by atoms with Crippen LogP contribution >= 0.6 is 11.6 Å². The van der Waals surface area contributed by atoms with Crippen LogP contribution in [0.3, 0.4) is 0 Å². The molecule has 1 aliphatic rings. The lowest BCUT2D eigenvalue weighted by Crippen LogP contribution is -2.45. The summed E-state index contributed by atoms with van der Waals surface area (Å²) in [7, 11) is -3.63. The van der Waals surface area contributed by atoms with Crippen molar-refractivity contribution in [1.82, 2.24) is 4.90 Å². The molecule has 1 heterocycles. The molecule has 30 heavy (non-hydrogen) atoms. The van der Waals surface area contributed by atoms with E-state index < -0.39 is 10.0 Å². The molecule has 4 rings (SSSR count). The average molecular weight is 442 g/mol. The molecule has 3 aromatic rings. The van der Waals surface area contributed by atoms with Gasteiger partial charge in [-0.3, -0.25) is 9.62 Å². The molecular formula is C23H24ClN3O2S. The van der Waals surface area contributed by atoms with Crippen LogP contribution in [0.1, 0.15) is 5.56 Å². The minimum atomic E-state index is -3.63. The highest BCUT2D eigenvalue weighted by Gasteiger charge is 2.18. The van der Waals surface area contributed by atoms with Crippen molar-refractivity contribution in [3.63, 3.8) is 0 Å². The molecule has 0 saturated carbocycles. The third-order valence-electron chi connectivity index (χ3n) is 5.23. The van der Waals surface area contributed by atoms with E-state index in [9.17, 15) is 8.42 Å². The molecule has 1 fully saturated rings. The summed E-state index contributed by atoms with van der Waals surface area (Å²) in [5.41, 5.74) is 2.98. The van der Waals surface area contributed by atoms with E-state index in [4.69, 9.17) is 11.6 Å². The summed E-state index contributed by atoms with van der Waals surface area (Å²) in [5.74, 6) is 0. The third kappa shape index (κ3) is 5.14. The maximum atomic E-state index is 12.5. The largest absolute Gasteiger partial charge is 0.369 e. The maximum Gasteiger partial charge on any atom is 0.261 e. The topological polar surface area (TPSA) is 52.7 Å². The Hall–Kier alpha value is -2.54. The number of nitrogens with one attached hydrogen (secondary N) is 1. The van der Waals surface area contributed by atoms with Crippen molar-refractivity contribution in [2.24, 2.45) is 0 Å². The van der Waals surface area contributed by atoms with Gasteiger partial charge in [-0.2, -0.15) is 0 Å². The van der Waals surface area contributed by atoms with E-state index >= 15 is 0 Å². The average Bonchev–Trinajstić information content (AvgIpc) is 2.76. The maximum absolute atomic E-state index is 12.5. The number of para-hydroxylation sites is 1. The first-order valence-corrected chi connectivity index (χ1v) is 11.8. The number of sulfonamides is 1. The van der Waals surface area contributed by atoms with Gasteiger partial charge in [0.05, 0.1) is 4.90 Å². The fraction of sp³-hybridized carbons (Fsp3) is 0.217. The number of rotatable bonds is 6. The van der Waals surface area contributed by atoms with Gasteiger partial charge in [0.1, 0.15) is 0 Å². The van der Waals surface area contributed by atoms with Gasteiger partial charge >= 0.3 is 0 Å². The second-order valence-electron chi connectivity index (χ2n) is 7.36. The number of hydrogen-bond donors (Lipinski definition) is 1. The number of benzene rings is 3. The lowest BCUT2D eigenvalue weighted by Gasteiger charge is -2.36. The zero-order valence-electron chi connectivity index (χ0n) is 16.5. The molecule has 0 bridgehead atoms. The molecule has 156 valence electrons. The molecule has 0 amide bonds. The van der Waals surface area contributed by atoms with Crippen LogP contribution < -0.4 is 9.62 Å². The monoisotopic (exact) mass is 441 g/mol. The summed E-state index contributed by atoms with van der Waals surface area (Å²) >= 11 is 5.84. The molecule has 1 aliphatic heterocycles. The van der Waals surface area contributed by atoms with Gasteiger partial charge in [-0.25, -0.2) is 8.42 Å². The van der Waals surface area contributed by atoms with Crippen LogP contribution in [0.5, 0.6) is 0 Å². The van der Waals surface area contributed by atoms with Crippen LogP contribution in [0.15, 0.2) is 83.8 Å². The van der Waals surface area contributed by atoms with Crippen molar-refractivity contribution in [3.8, 4) is 0 Å². The molecule has 0 spiro atoms. The van der Waals surface area contributed by atoms with E-state index in [1.54, 1.807) is 12.1 Å². The molecule has 0 aromatic heterocycles. The van der Waals surface area contributed by atoms with Crippen LogP contribution in [0, 0.1) is 0 Å². The smallest absolute Gasteiger partial charge is 0.261 e. The van der Waals surface area contributed by atoms with E-state index in [1.165, 1.54) is 17.8 Å². The van der Waals surface area contributed by atoms with Crippen molar-refractivity contribution in [3.05, 3.63) is 89.4 Å². The SMILES string of the molecule is O=S(=O)(Nc1ccc(CN2CCN(c3ccccc3)CC2)cc1)c1ccc(Cl)cc1. The number of piperazine rings is 1. The minimum Gasteiger partial charge on any atom is -0.369 e. The summed E-state index contributed by atoms with van der Waals surface area (Å²) < 4.78 is 27.6.